The third-order valence-corrected chi connectivity index (χ3v) is 3.11. The number of aliphatic hydroxyl groups excluding tert-OH is 1. The van der Waals surface area contributed by atoms with Crippen molar-refractivity contribution in [1.29, 1.82) is 0 Å². The van der Waals surface area contributed by atoms with Gasteiger partial charge in [-0.1, -0.05) is 31.5 Å². The lowest BCUT2D eigenvalue weighted by Gasteiger charge is -2.24. The van der Waals surface area contributed by atoms with E-state index < -0.39 is 6.10 Å². The van der Waals surface area contributed by atoms with Crippen LogP contribution in [0.15, 0.2) is 18.2 Å². The minimum absolute atomic E-state index is 0.512. The van der Waals surface area contributed by atoms with E-state index in [-0.39, 0.29) is 0 Å². The molecule has 0 spiro atoms. The van der Waals surface area contributed by atoms with Gasteiger partial charge in [-0.2, -0.15) is 0 Å². The summed E-state index contributed by atoms with van der Waals surface area (Å²) >= 11 is 6.18. The number of rotatable bonds is 6. The Balaban J connectivity index is 2.93. The van der Waals surface area contributed by atoms with Gasteiger partial charge in [-0.25, -0.2) is 0 Å². The number of aliphatic hydroxyl groups is 1. The highest BCUT2D eigenvalue weighted by molar-refractivity contribution is 6.31. The zero-order chi connectivity index (χ0) is 12.8. The van der Waals surface area contributed by atoms with Gasteiger partial charge in [0.25, 0.3) is 0 Å². The first-order valence-electron chi connectivity index (χ1n) is 6.32. The Hall–Kier alpha value is -0.730. The fourth-order valence-electron chi connectivity index (χ4n) is 1.96. The summed E-state index contributed by atoms with van der Waals surface area (Å²) in [6.07, 6.45) is 1.73. The second kappa shape index (κ2) is 6.87. The van der Waals surface area contributed by atoms with E-state index in [0.29, 0.717) is 5.02 Å². The van der Waals surface area contributed by atoms with Crippen molar-refractivity contribution < 1.29 is 5.11 Å². The molecule has 0 fully saturated rings. The van der Waals surface area contributed by atoms with Crippen molar-refractivity contribution in [2.24, 2.45) is 0 Å². The molecule has 1 rings (SSSR count). The van der Waals surface area contributed by atoms with E-state index in [0.717, 1.165) is 37.2 Å². The van der Waals surface area contributed by atoms with E-state index in [1.54, 1.807) is 6.92 Å². The summed E-state index contributed by atoms with van der Waals surface area (Å²) in [6, 6.07) is 5.91. The lowest BCUT2D eigenvalue weighted by Crippen LogP contribution is -2.24. The van der Waals surface area contributed by atoms with Gasteiger partial charge in [0.05, 0.1) is 6.10 Å². The summed E-state index contributed by atoms with van der Waals surface area (Å²) in [5.41, 5.74) is 1.94. The number of hydrogen-bond donors (Lipinski definition) is 1. The molecule has 0 saturated carbocycles. The summed E-state index contributed by atoms with van der Waals surface area (Å²) in [4.78, 5) is 2.33. The van der Waals surface area contributed by atoms with E-state index in [9.17, 15) is 5.11 Å². The molecule has 0 bridgehead atoms. The van der Waals surface area contributed by atoms with E-state index in [4.69, 9.17) is 11.6 Å². The van der Waals surface area contributed by atoms with Crippen LogP contribution in [0, 0.1) is 0 Å². The molecule has 0 heterocycles. The van der Waals surface area contributed by atoms with Crippen LogP contribution in [0.3, 0.4) is 0 Å². The quantitative estimate of drug-likeness (QED) is 0.830. The Labute approximate surface area is 109 Å². The maximum atomic E-state index is 9.54. The van der Waals surface area contributed by atoms with Crippen LogP contribution in [0.2, 0.25) is 5.02 Å². The van der Waals surface area contributed by atoms with Crippen LogP contribution in [0.25, 0.3) is 0 Å². The van der Waals surface area contributed by atoms with Crippen molar-refractivity contribution in [2.45, 2.75) is 39.7 Å². The summed E-state index contributed by atoms with van der Waals surface area (Å²) in [7, 11) is 0. The lowest BCUT2D eigenvalue weighted by atomic mass is 10.1. The molecule has 2 nitrogen and oxygen atoms in total. The first-order chi connectivity index (χ1) is 8.10. The predicted octanol–water partition coefficient (Wildman–Crippen LogP) is 4.02. The molecule has 3 heteroatoms. The lowest BCUT2D eigenvalue weighted by molar-refractivity contribution is 0.199. The van der Waals surface area contributed by atoms with Gasteiger partial charge in [0.1, 0.15) is 0 Å². The third kappa shape index (κ3) is 3.90. The largest absolute Gasteiger partial charge is 0.389 e. The molecule has 0 amide bonds. The van der Waals surface area contributed by atoms with Crippen LogP contribution < -0.4 is 4.90 Å². The van der Waals surface area contributed by atoms with Gasteiger partial charge in [0.15, 0.2) is 0 Å². The predicted molar refractivity (Wildman–Crippen MR) is 74.9 cm³/mol. The van der Waals surface area contributed by atoms with Crippen molar-refractivity contribution in [3.8, 4) is 0 Å². The molecule has 17 heavy (non-hydrogen) atoms. The van der Waals surface area contributed by atoms with Crippen LogP contribution in [0.4, 0.5) is 5.69 Å². The van der Waals surface area contributed by atoms with Crippen LogP contribution in [0.1, 0.15) is 45.3 Å². The fourth-order valence-corrected chi connectivity index (χ4v) is 2.29. The molecule has 0 aromatic heterocycles. The molecular formula is C14H22ClNO. The van der Waals surface area contributed by atoms with Crippen molar-refractivity contribution in [3.63, 3.8) is 0 Å². The SMILES string of the molecule is CCCN(CCC)c1ccc(C(C)O)c(Cl)c1. The highest BCUT2D eigenvalue weighted by atomic mass is 35.5. The Bertz CT molecular complexity index is 346. The molecule has 0 aliphatic carbocycles. The van der Waals surface area contributed by atoms with Gasteiger partial charge in [-0.05, 0) is 37.5 Å². The first kappa shape index (κ1) is 14.3. The van der Waals surface area contributed by atoms with Gasteiger partial charge in [0, 0.05) is 23.8 Å². The molecule has 1 unspecified atom stereocenters. The molecule has 0 radical (unpaired) electrons. The average Bonchev–Trinajstić information content (AvgIpc) is 2.28. The second-order valence-electron chi connectivity index (χ2n) is 4.37. The Morgan fingerprint density at radius 3 is 2.24 bits per heavy atom. The number of anilines is 1. The van der Waals surface area contributed by atoms with Crippen molar-refractivity contribution >= 4 is 17.3 Å². The molecule has 1 aromatic rings. The Kier molecular flexibility index (Phi) is 5.79. The topological polar surface area (TPSA) is 23.5 Å². The molecule has 0 aliphatic heterocycles. The fraction of sp³-hybridized carbons (Fsp3) is 0.571. The zero-order valence-corrected chi connectivity index (χ0v) is 11.7. The standard InChI is InChI=1S/C14H22ClNO/c1-4-8-16(9-5-2)12-6-7-13(11(3)17)14(15)10-12/h6-7,10-11,17H,4-5,8-9H2,1-3H3. The van der Waals surface area contributed by atoms with Crippen LogP contribution in [0.5, 0.6) is 0 Å². The van der Waals surface area contributed by atoms with E-state index in [1.807, 2.05) is 18.2 Å². The maximum absolute atomic E-state index is 9.54. The highest BCUT2D eigenvalue weighted by Gasteiger charge is 2.10. The highest BCUT2D eigenvalue weighted by Crippen LogP contribution is 2.28. The molecule has 1 atom stereocenters. The third-order valence-electron chi connectivity index (χ3n) is 2.79. The number of benzene rings is 1. The monoisotopic (exact) mass is 255 g/mol. The van der Waals surface area contributed by atoms with Gasteiger partial charge in [0.2, 0.25) is 0 Å². The van der Waals surface area contributed by atoms with Crippen LogP contribution >= 0.6 is 11.6 Å². The summed E-state index contributed by atoms with van der Waals surface area (Å²) in [6.45, 7) is 8.16. The minimum Gasteiger partial charge on any atom is -0.389 e. The zero-order valence-electron chi connectivity index (χ0n) is 10.9. The van der Waals surface area contributed by atoms with Crippen LogP contribution in [-0.4, -0.2) is 18.2 Å². The van der Waals surface area contributed by atoms with E-state index in [2.05, 4.69) is 18.7 Å². The number of halogens is 1. The summed E-state index contributed by atoms with van der Waals surface area (Å²) < 4.78 is 0. The molecule has 1 N–H and O–H groups in total. The normalized spacial score (nSPS) is 12.5. The summed E-state index contributed by atoms with van der Waals surface area (Å²) in [5, 5.41) is 10.2. The molecule has 0 saturated heterocycles. The molecule has 1 aromatic carbocycles. The van der Waals surface area contributed by atoms with E-state index in [1.165, 1.54) is 0 Å². The molecule has 0 aliphatic rings. The average molecular weight is 256 g/mol. The van der Waals surface area contributed by atoms with Gasteiger partial charge >= 0.3 is 0 Å². The van der Waals surface area contributed by atoms with Crippen LogP contribution in [-0.2, 0) is 0 Å². The van der Waals surface area contributed by atoms with Gasteiger partial charge in [-0.3, -0.25) is 0 Å². The number of nitrogens with zero attached hydrogens (tertiary/aromatic N) is 1. The maximum Gasteiger partial charge on any atom is 0.0776 e. The van der Waals surface area contributed by atoms with Gasteiger partial charge in [-0.15, -0.1) is 0 Å². The Morgan fingerprint density at radius 2 is 1.82 bits per heavy atom. The van der Waals surface area contributed by atoms with Gasteiger partial charge < -0.3 is 10.0 Å². The summed E-state index contributed by atoms with van der Waals surface area (Å²) in [5.74, 6) is 0. The molecule has 96 valence electrons. The smallest absolute Gasteiger partial charge is 0.0776 e. The first-order valence-corrected chi connectivity index (χ1v) is 6.70. The minimum atomic E-state index is -0.512. The second-order valence-corrected chi connectivity index (χ2v) is 4.78. The van der Waals surface area contributed by atoms with Crippen molar-refractivity contribution in [3.05, 3.63) is 28.8 Å². The molecular weight excluding hydrogens is 234 g/mol. The van der Waals surface area contributed by atoms with Crippen molar-refractivity contribution in [2.75, 3.05) is 18.0 Å². The van der Waals surface area contributed by atoms with E-state index >= 15 is 0 Å². The number of hydrogen-bond acceptors (Lipinski definition) is 2. The Morgan fingerprint density at radius 1 is 1.24 bits per heavy atom. The van der Waals surface area contributed by atoms with Crippen molar-refractivity contribution in [1.82, 2.24) is 0 Å².